The molecule has 6 heteroatoms. The van der Waals surface area contributed by atoms with Crippen molar-refractivity contribution >= 4 is 35.1 Å². The van der Waals surface area contributed by atoms with E-state index in [0.717, 1.165) is 0 Å². The first-order chi connectivity index (χ1) is 9.40. The monoisotopic (exact) mass is 310 g/mol. The summed E-state index contributed by atoms with van der Waals surface area (Å²) in [6, 6.07) is 8.94. The zero-order chi connectivity index (χ0) is 14.9. The van der Waals surface area contributed by atoms with Gasteiger partial charge in [0.2, 0.25) is 0 Å². The van der Waals surface area contributed by atoms with E-state index in [1.807, 2.05) is 0 Å². The maximum Gasteiger partial charge on any atom is 0.337 e. The lowest BCUT2D eigenvalue weighted by molar-refractivity contribution is 0.0686. The lowest BCUT2D eigenvalue weighted by Crippen LogP contribution is -1.98. The van der Waals surface area contributed by atoms with Crippen LogP contribution in [0.1, 0.15) is 20.7 Å². The van der Waals surface area contributed by atoms with Crippen molar-refractivity contribution in [1.29, 1.82) is 0 Å². The van der Waals surface area contributed by atoms with Crippen molar-refractivity contribution in [3.05, 3.63) is 57.6 Å². The Bertz CT molecular complexity index is 649. The van der Waals surface area contributed by atoms with Gasteiger partial charge in [0.15, 0.2) is 0 Å². The number of halogens is 2. The normalized spacial score (nSPS) is 10.3. The highest BCUT2D eigenvalue weighted by molar-refractivity contribution is 6.34. The second kappa shape index (κ2) is 5.53. The van der Waals surface area contributed by atoms with Crippen LogP contribution in [0.4, 0.5) is 0 Å². The third-order valence-electron chi connectivity index (χ3n) is 2.73. The predicted molar refractivity (Wildman–Crippen MR) is 75.8 cm³/mol. The van der Waals surface area contributed by atoms with E-state index < -0.39 is 11.9 Å². The van der Waals surface area contributed by atoms with Gasteiger partial charge in [-0.15, -0.1) is 0 Å². The fraction of sp³-hybridized carbons (Fsp3) is 0. The van der Waals surface area contributed by atoms with Gasteiger partial charge in [-0.3, -0.25) is 0 Å². The summed E-state index contributed by atoms with van der Waals surface area (Å²) in [5.41, 5.74) is 1.31. The first kappa shape index (κ1) is 14.4. The smallest absolute Gasteiger partial charge is 0.337 e. The molecular weight excluding hydrogens is 303 g/mol. The van der Waals surface area contributed by atoms with Gasteiger partial charge >= 0.3 is 11.9 Å². The molecule has 0 aromatic heterocycles. The molecule has 0 amide bonds. The summed E-state index contributed by atoms with van der Waals surface area (Å²) >= 11 is 11.8. The molecule has 0 aliphatic carbocycles. The number of benzene rings is 2. The van der Waals surface area contributed by atoms with Crippen LogP contribution in [0.2, 0.25) is 10.0 Å². The average Bonchev–Trinajstić information content (AvgIpc) is 2.37. The number of carboxylic acid groups (broad SMARTS) is 2. The molecule has 2 aromatic rings. The molecule has 0 aliphatic heterocycles. The summed E-state index contributed by atoms with van der Waals surface area (Å²) in [6.07, 6.45) is 0. The van der Waals surface area contributed by atoms with Gasteiger partial charge in [-0.1, -0.05) is 35.3 Å². The Hall–Kier alpha value is -2.04. The molecule has 0 fully saturated rings. The molecule has 0 bridgehead atoms. The van der Waals surface area contributed by atoms with Crippen LogP contribution in [0.3, 0.4) is 0 Å². The first-order valence-corrected chi connectivity index (χ1v) is 6.22. The average molecular weight is 311 g/mol. The second-order valence-electron chi connectivity index (χ2n) is 4.00. The minimum atomic E-state index is -1.11. The minimum absolute atomic E-state index is 0.00340. The van der Waals surface area contributed by atoms with Crippen molar-refractivity contribution in [2.45, 2.75) is 0 Å². The van der Waals surface area contributed by atoms with Crippen molar-refractivity contribution < 1.29 is 19.8 Å². The molecule has 2 aromatic carbocycles. The van der Waals surface area contributed by atoms with E-state index in [-0.39, 0.29) is 21.2 Å². The van der Waals surface area contributed by atoms with E-state index in [0.29, 0.717) is 11.1 Å². The van der Waals surface area contributed by atoms with Gasteiger partial charge in [0, 0.05) is 0 Å². The lowest BCUT2D eigenvalue weighted by atomic mass is 10.0. The topological polar surface area (TPSA) is 74.6 Å². The number of rotatable bonds is 3. The summed E-state index contributed by atoms with van der Waals surface area (Å²) in [5, 5.41) is 18.0. The van der Waals surface area contributed by atoms with E-state index in [1.54, 1.807) is 12.1 Å². The summed E-state index contributed by atoms with van der Waals surface area (Å²) in [7, 11) is 0. The number of carbonyl (C=O) groups is 2. The predicted octanol–water partition coefficient (Wildman–Crippen LogP) is 4.06. The Morgan fingerprint density at radius 2 is 1.10 bits per heavy atom. The van der Waals surface area contributed by atoms with E-state index >= 15 is 0 Å². The third kappa shape index (κ3) is 2.76. The summed E-state index contributed by atoms with van der Waals surface area (Å²) in [5.74, 6) is -2.22. The van der Waals surface area contributed by atoms with Crippen LogP contribution in [0.25, 0.3) is 11.1 Å². The Labute approximate surface area is 124 Å². The van der Waals surface area contributed by atoms with Crippen LogP contribution in [0.15, 0.2) is 36.4 Å². The maximum atomic E-state index is 10.9. The highest BCUT2D eigenvalue weighted by Crippen LogP contribution is 2.29. The Balaban J connectivity index is 2.47. The zero-order valence-corrected chi connectivity index (χ0v) is 11.4. The van der Waals surface area contributed by atoms with E-state index in [2.05, 4.69) is 0 Å². The van der Waals surface area contributed by atoms with Crippen LogP contribution in [-0.4, -0.2) is 22.2 Å². The third-order valence-corrected chi connectivity index (χ3v) is 3.36. The van der Waals surface area contributed by atoms with Crippen molar-refractivity contribution in [1.82, 2.24) is 0 Å². The summed E-state index contributed by atoms with van der Waals surface area (Å²) < 4.78 is 0. The van der Waals surface area contributed by atoms with Crippen molar-refractivity contribution in [2.24, 2.45) is 0 Å². The SMILES string of the molecule is O=C(O)c1ccc(-c2ccc(C(=O)O)c(Cl)c2)cc1Cl. The van der Waals surface area contributed by atoms with Gasteiger partial charge < -0.3 is 10.2 Å². The Morgan fingerprint density at radius 3 is 1.35 bits per heavy atom. The molecule has 4 nitrogen and oxygen atoms in total. The van der Waals surface area contributed by atoms with E-state index in [9.17, 15) is 9.59 Å². The Morgan fingerprint density at radius 1 is 0.750 bits per heavy atom. The van der Waals surface area contributed by atoms with Crippen molar-refractivity contribution in [3.63, 3.8) is 0 Å². The van der Waals surface area contributed by atoms with Gasteiger partial charge in [-0.05, 0) is 35.4 Å². The molecule has 2 rings (SSSR count). The Kier molecular flexibility index (Phi) is 3.97. The molecule has 2 N–H and O–H groups in total. The van der Waals surface area contributed by atoms with Gasteiger partial charge in [0.1, 0.15) is 0 Å². The zero-order valence-electron chi connectivity index (χ0n) is 9.93. The van der Waals surface area contributed by atoms with Crippen LogP contribution < -0.4 is 0 Å². The molecule has 0 unspecified atom stereocenters. The molecule has 0 radical (unpaired) electrons. The fourth-order valence-electron chi connectivity index (χ4n) is 1.74. The van der Waals surface area contributed by atoms with Gasteiger partial charge in [-0.25, -0.2) is 9.59 Å². The highest BCUT2D eigenvalue weighted by atomic mass is 35.5. The molecule has 0 atom stereocenters. The molecule has 0 aliphatic rings. The first-order valence-electron chi connectivity index (χ1n) is 5.46. The van der Waals surface area contributed by atoms with Crippen LogP contribution in [0, 0.1) is 0 Å². The van der Waals surface area contributed by atoms with Gasteiger partial charge in [0.05, 0.1) is 21.2 Å². The quantitative estimate of drug-likeness (QED) is 0.896. The lowest BCUT2D eigenvalue weighted by Gasteiger charge is -2.06. The summed E-state index contributed by atoms with van der Waals surface area (Å²) in [4.78, 5) is 21.7. The van der Waals surface area contributed by atoms with Crippen molar-refractivity contribution in [3.8, 4) is 11.1 Å². The van der Waals surface area contributed by atoms with Gasteiger partial charge in [0.25, 0.3) is 0 Å². The van der Waals surface area contributed by atoms with Crippen molar-refractivity contribution in [2.75, 3.05) is 0 Å². The number of carboxylic acids is 2. The molecule has 0 heterocycles. The molecule has 102 valence electrons. The molecular formula is C14H8Cl2O4. The molecule has 0 saturated heterocycles. The second-order valence-corrected chi connectivity index (χ2v) is 4.81. The summed E-state index contributed by atoms with van der Waals surface area (Å²) in [6.45, 7) is 0. The highest BCUT2D eigenvalue weighted by Gasteiger charge is 2.12. The van der Waals surface area contributed by atoms with Crippen LogP contribution in [0.5, 0.6) is 0 Å². The largest absolute Gasteiger partial charge is 0.478 e. The number of hydrogen-bond donors (Lipinski definition) is 2. The van der Waals surface area contributed by atoms with Gasteiger partial charge in [-0.2, -0.15) is 0 Å². The van der Waals surface area contributed by atoms with Crippen LogP contribution in [-0.2, 0) is 0 Å². The van der Waals surface area contributed by atoms with E-state index in [1.165, 1.54) is 24.3 Å². The standard InChI is InChI=1S/C14H8Cl2O4/c15-11-5-7(1-3-9(11)13(17)18)8-2-4-10(14(19)20)12(16)6-8/h1-6H,(H,17,18)(H,19,20). The molecule has 0 spiro atoms. The maximum absolute atomic E-state index is 10.9. The molecule has 20 heavy (non-hydrogen) atoms. The minimum Gasteiger partial charge on any atom is -0.478 e. The van der Waals surface area contributed by atoms with E-state index in [4.69, 9.17) is 33.4 Å². The fourth-order valence-corrected chi connectivity index (χ4v) is 2.26. The molecule has 0 saturated carbocycles. The van der Waals surface area contributed by atoms with Crippen LogP contribution >= 0.6 is 23.2 Å². The number of aromatic carboxylic acids is 2. The number of hydrogen-bond acceptors (Lipinski definition) is 2.